The van der Waals surface area contributed by atoms with E-state index in [0.29, 0.717) is 11.3 Å². The molecule has 0 spiro atoms. The smallest absolute Gasteiger partial charge is 0.265 e. The fraction of sp³-hybridized carbons (Fsp3) is 0.368. The lowest BCUT2D eigenvalue weighted by Gasteiger charge is -2.24. The van der Waals surface area contributed by atoms with Gasteiger partial charge in [0.05, 0.1) is 24.5 Å². The largest absolute Gasteiger partial charge is 0.344 e. The molecule has 1 aliphatic carbocycles. The lowest BCUT2D eigenvalue weighted by atomic mass is 9.92. The number of carbonyl (C=O) groups is 1. The molecule has 1 aromatic carbocycles. The summed E-state index contributed by atoms with van der Waals surface area (Å²) < 4.78 is 5.98. The standard InChI is InChI=1S/C19H21N5OS/c1-2-15-18(26-23-22-15)19(25)21-16-9-6-10-17-14(16)11-20-24(17)12-13-7-4-3-5-8-13/h3-5,7-8,11,16H,2,6,9-10,12H2,1H3,(H,21,25)/t16-/m1/s1. The van der Waals surface area contributed by atoms with Crippen LogP contribution in [0, 0.1) is 0 Å². The van der Waals surface area contributed by atoms with Gasteiger partial charge in [-0.15, -0.1) is 5.10 Å². The van der Waals surface area contributed by atoms with E-state index in [1.165, 1.54) is 22.8 Å². The number of rotatable bonds is 5. The zero-order valence-electron chi connectivity index (χ0n) is 14.7. The average Bonchev–Trinajstić information content (AvgIpc) is 3.30. The van der Waals surface area contributed by atoms with Crippen molar-refractivity contribution < 1.29 is 4.79 Å². The maximum Gasteiger partial charge on any atom is 0.265 e. The number of amides is 1. The van der Waals surface area contributed by atoms with Gasteiger partial charge in [0, 0.05) is 11.3 Å². The first-order valence-electron chi connectivity index (χ1n) is 8.97. The predicted molar refractivity (Wildman–Crippen MR) is 100 cm³/mol. The molecule has 1 amide bonds. The number of carbonyl (C=O) groups excluding carboxylic acids is 1. The van der Waals surface area contributed by atoms with Crippen LogP contribution in [0.2, 0.25) is 0 Å². The zero-order valence-corrected chi connectivity index (χ0v) is 15.5. The van der Waals surface area contributed by atoms with Crippen LogP contribution in [0.5, 0.6) is 0 Å². The van der Waals surface area contributed by atoms with E-state index in [1.54, 1.807) is 0 Å². The predicted octanol–water partition coefficient (Wildman–Crippen LogP) is 3.15. The molecule has 7 heteroatoms. The first kappa shape index (κ1) is 16.9. The minimum absolute atomic E-state index is 0.00239. The number of hydrogen-bond acceptors (Lipinski definition) is 5. The molecule has 134 valence electrons. The lowest BCUT2D eigenvalue weighted by Crippen LogP contribution is -2.31. The summed E-state index contributed by atoms with van der Waals surface area (Å²) in [5.41, 5.74) is 4.36. The molecule has 0 aliphatic heterocycles. The monoisotopic (exact) mass is 367 g/mol. The van der Waals surface area contributed by atoms with Crippen molar-refractivity contribution in [1.29, 1.82) is 0 Å². The zero-order chi connectivity index (χ0) is 17.9. The van der Waals surface area contributed by atoms with Gasteiger partial charge in [-0.25, -0.2) is 0 Å². The third-order valence-corrected chi connectivity index (χ3v) is 5.61. The number of nitrogens with zero attached hydrogens (tertiary/aromatic N) is 4. The van der Waals surface area contributed by atoms with E-state index in [0.717, 1.165) is 37.1 Å². The van der Waals surface area contributed by atoms with Crippen molar-refractivity contribution in [3.05, 3.63) is 63.9 Å². The number of hydrogen-bond donors (Lipinski definition) is 1. The Morgan fingerprint density at radius 2 is 2.19 bits per heavy atom. The molecular weight excluding hydrogens is 346 g/mol. The number of aromatic nitrogens is 4. The third-order valence-electron chi connectivity index (χ3n) is 4.84. The van der Waals surface area contributed by atoms with Gasteiger partial charge >= 0.3 is 0 Å². The van der Waals surface area contributed by atoms with Crippen molar-refractivity contribution >= 4 is 17.4 Å². The molecule has 0 radical (unpaired) electrons. The van der Waals surface area contributed by atoms with Gasteiger partial charge in [-0.3, -0.25) is 9.48 Å². The summed E-state index contributed by atoms with van der Waals surface area (Å²) in [7, 11) is 0. The van der Waals surface area contributed by atoms with Crippen molar-refractivity contribution in [2.24, 2.45) is 0 Å². The minimum atomic E-state index is -0.0782. The summed E-state index contributed by atoms with van der Waals surface area (Å²) in [6, 6.07) is 10.3. The number of aryl methyl sites for hydroxylation is 1. The first-order valence-corrected chi connectivity index (χ1v) is 9.74. The molecule has 2 aromatic heterocycles. The van der Waals surface area contributed by atoms with Gasteiger partial charge in [-0.1, -0.05) is 41.7 Å². The summed E-state index contributed by atoms with van der Waals surface area (Å²) in [4.78, 5) is 13.3. The second-order valence-electron chi connectivity index (χ2n) is 6.51. The first-order chi connectivity index (χ1) is 12.8. The van der Waals surface area contributed by atoms with Crippen LogP contribution in [0.25, 0.3) is 0 Å². The summed E-state index contributed by atoms with van der Waals surface area (Å²) in [6.45, 7) is 2.75. The normalized spacial score (nSPS) is 16.3. The Kier molecular flexibility index (Phi) is 4.79. The third kappa shape index (κ3) is 3.26. The van der Waals surface area contributed by atoms with Gasteiger partial charge in [0.1, 0.15) is 4.88 Å². The molecule has 0 bridgehead atoms. The summed E-state index contributed by atoms with van der Waals surface area (Å²) in [6.07, 6.45) is 5.60. The van der Waals surface area contributed by atoms with Gasteiger partial charge in [0.15, 0.2) is 0 Å². The fourth-order valence-electron chi connectivity index (χ4n) is 3.50. The van der Waals surface area contributed by atoms with E-state index < -0.39 is 0 Å². The second kappa shape index (κ2) is 7.37. The highest BCUT2D eigenvalue weighted by molar-refractivity contribution is 7.08. The van der Waals surface area contributed by atoms with Crippen LogP contribution in [-0.2, 0) is 19.4 Å². The van der Waals surface area contributed by atoms with Gasteiger partial charge in [-0.05, 0) is 42.8 Å². The van der Waals surface area contributed by atoms with Crippen molar-refractivity contribution in [3.8, 4) is 0 Å². The van der Waals surface area contributed by atoms with Crippen LogP contribution in [0.1, 0.15) is 58.0 Å². The van der Waals surface area contributed by atoms with E-state index >= 15 is 0 Å². The van der Waals surface area contributed by atoms with E-state index in [2.05, 4.69) is 36.8 Å². The maximum atomic E-state index is 12.7. The molecule has 0 unspecified atom stereocenters. The summed E-state index contributed by atoms with van der Waals surface area (Å²) >= 11 is 1.17. The van der Waals surface area contributed by atoms with Gasteiger partial charge in [0.2, 0.25) is 0 Å². The minimum Gasteiger partial charge on any atom is -0.344 e. The van der Waals surface area contributed by atoms with Crippen LogP contribution < -0.4 is 5.32 Å². The van der Waals surface area contributed by atoms with E-state index in [9.17, 15) is 4.79 Å². The van der Waals surface area contributed by atoms with Crippen LogP contribution in [0.4, 0.5) is 0 Å². The highest BCUT2D eigenvalue weighted by atomic mass is 32.1. The molecule has 3 aromatic rings. The molecule has 1 N–H and O–H groups in total. The van der Waals surface area contributed by atoms with Crippen LogP contribution in [0.15, 0.2) is 36.5 Å². The highest BCUT2D eigenvalue weighted by Gasteiger charge is 2.27. The Balaban J connectivity index is 1.54. The molecular formula is C19H21N5OS. The molecule has 1 atom stereocenters. The Labute approximate surface area is 156 Å². The molecule has 0 fully saturated rings. The van der Waals surface area contributed by atoms with Crippen molar-refractivity contribution in [2.75, 3.05) is 0 Å². The van der Waals surface area contributed by atoms with Crippen LogP contribution in [0.3, 0.4) is 0 Å². The Morgan fingerprint density at radius 3 is 3.00 bits per heavy atom. The lowest BCUT2D eigenvalue weighted by molar-refractivity contribution is 0.0935. The number of benzene rings is 1. The average molecular weight is 367 g/mol. The molecule has 26 heavy (non-hydrogen) atoms. The molecule has 0 saturated heterocycles. The number of fused-ring (bicyclic) bond motifs is 1. The van der Waals surface area contributed by atoms with Gasteiger partial charge < -0.3 is 5.32 Å². The summed E-state index contributed by atoms with van der Waals surface area (Å²) in [5, 5.41) is 11.8. The molecule has 0 saturated carbocycles. The maximum absolute atomic E-state index is 12.7. The SMILES string of the molecule is CCc1nnsc1C(=O)N[C@@H]1CCCc2c1cnn2Cc1ccccc1. The molecule has 4 rings (SSSR count). The molecule has 6 nitrogen and oxygen atoms in total. The highest BCUT2D eigenvalue weighted by Crippen LogP contribution is 2.30. The van der Waals surface area contributed by atoms with Crippen molar-refractivity contribution in [3.63, 3.8) is 0 Å². The Morgan fingerprint density at radius 1 is 1.35 bits per heavy atom. The van der Waals surface area contributed by atoms with E-state index in [-0.39, 0.29) is 11.9 Å². The van der Waals surface area contributed by atoms with Gasteiger partial charge in [-0.2, -0.15) is 5.10 Å². The topological polar surface area (TPSA) is 72.7 Å². The number of nitrogens with one attached hydrogen (secondary N) is 1. The second-order valence-corrected chi connectivity index (χ2v) is 7.26. The molecule has 2 heterocycles. The van der Waals surface area contributed by atoms with Gasteiger partial charge in [0.25, 0.3) is 5.91 Å². The van der Waals surface area contributed by atoms with Crippen molar-refractivity contribution in [2.45, 2.75) is 45.2 Å². The quantitative estimate of drug-likeness (QED) is 0.752. The van der Waals surface area contributed by atoms with Crippen LogP contribution >= 0.6 is 11.5 Å². The fourth-order valence-corrected chi connectivity index (χ4v) is 4.15. The van der Waals surface area contributed by atoms with Crippen LogP contribution in [-0.4, -0.2) is 25.3 Å². The Bertz CT molecular complexity index is 902. The summed E-state index contributed by atoms with van der Waals surface area (Å²) in [5.74, 6) is -0.0782. The molecule has 1 aliphatic rings. The van der Waals surface area contributed by atoms with E-state index in [1.807, 2.05) is 31.3 Å². The van der Waals surface area contributed by atoms with E-state index in [4.69, 9.17) is 0 Å². The van der Waals surface area contributed by atoms with Crippen molar-refractivity contribution in [1.82, 2.24) is 24.7 Å². The Hall–Kier alpha value is -2.54.